The highest BCUT2D eigenvalue weighted by molar-refractivity contribution is 5.10. The predicted octanol–water partition coefficient (Wildman–Crippen LogP) is 6.69. The van der Waals surface area contributed by atoms with Crippen molar-refractivity contribution in [3.8, 4) is 0 Å². The molecular formula is C28H50O2. The van der Waals surface area contributed by atoms with Gasteiger partial charge in [0.15, 0.2) is 0 Å². The van der Waals surface area contributed by atoms with Crippen LogP contribution in [0.4, 0.5) is 0 Å². The summed E-state index contributed by atoms with van der Waals surface area (Å²) in [6.07, 6.45) is 12.3. The number of hydrogen-bond donors (Lipinski definition) is 2. The van der Waals surface area contributed by atoms with Gasteiger partial charge in [-0.25, -0.2) is 0 Å². The summed E-state index contributed by atoms with van der Waals surface area (Å²) in [6, 6.07) is 0. The lowest BCUT2D eigenvalue weighted by Gasteiger charge is -2.61. The molecule has 2 heteroatoms. The van der Waals surface area contributed by atoms with E-state index in [1.165, 1.54) is 44.9 Å². The van der Waals surface area contributed by atoms with Crippen LogP contribution in [-0.4, -0.2) is 22.4 Å². The fourth-order valence-corrected chi connectivity index (χ4v) is 9.28. The second kappa shape index (κ2) is 8.36. The molecule has 0 aromatic carbocycles. The Bertz CT molecular complexity index is 601. The van der Waals surface area contributed by atoms with Crippen LogP contribution in [0.3, 0.4) is 0 Å². The highest BCUT2D eigenvalue weighted by atomic mass is 16.3. The van der Waals surface area contributed by atoms with Crippen LogP contribution < -0.4 is 0 Å². The smallest absolute Gasteiger partial charge is 0.0571 e. The zero-order valence-corrected chi connectivity index (χ0v) is 20.7. The fourth-order valence-electron chi connectivity index (χ4n) is 9.28. The molecule has 0 aromatic heterocycles. The molecule has 2 nitrogen and oxygen atoms in total. The summed E-state index contributed by atoms with van der Waals surface area (Å²) in [5, 5.41) is 21.4. The van der Waals surface area contributed by atoms with Crippen LogP contribution in [0.1, 0.15) is 106 Å². The molecule has 4 saturated carbocycles. The molecular weight excluding hydrogens is 368 g/mol. The van der Waals surface area contributed by atoms with Gasteiger partial charge < -0.3 is 10.2 Å². The lowest BCUT2D eigenvalue weighted by atomic mass is 9.44. The minimum absolute atomic E-state index is 0.0417. The van der Waals surface area contributed by atoms with E-state index in [2.05, 4.69) is 41.5 Å². The Morgan fingerprint density at radius 2 is 1.50 bits per heavy atom. The van der Waals surface area contributed by atoms with Gasteiger partial charge in [-0.2, -0.15) is 0 Å². The third kappa shape index (κ3) is 3.70. The number of aliphatic hydroxyl groups is 2. The number of rotatable bonds is 5. The summed E-state index contributed by atoms with van der Waals surface area (Å²) in [4.78, 5) is 0. The Kier molecular flexibility index (Phi) is 6.44. The zero-order chi connectivity index (χ0) is 21.8. The van der Waals surface area contributed by atoms with Gasteiger partial charge in [0.1, 0.15) is 0 Å². The van der Waals surface area contributed by atoms with Gasteiger partial charge in [0.05, 0.1) is 12.2 Å². The summed E-state index contributed by atoms with van der Waals surface area (Å²) >= 11 is 0. The summed E-state index contributed by atoms with van der Waals surface area (Å²) in [5.74, 6) is 5.75. The van der Waals surface area contributed by atoms with E-state index < -0.39 is 0 Å². The van der Waals surface area contributed by atoms with Gasteiger partial charge in [0.2, 0.25) is 0 Å². The van der Waals surface area contributed by atoms with Crippen molar-refractivity contribution in [2.24, 2.45) is 58.2 Å². The van der Waals surface area contributed by atoms with Crippen molar-refractivity contribution in [2.75, 3.05) is 0 Å². The number of aliphatic hydroxyl groups excluding tert-OH is 2. The lowest BCUT2D eigenvalue weighted by Crippen LogP contribution is -2.54. The normalized spacial score (nSPS) is 49.1. The quantitative estimate of drug-likeness (QED) is 0.522. The van der Waals surface area contributed by atoms with E-state index in [-0.39, 0.29) is 12.2 Å². The maximum Gasteiger partial charge on any atom is 0.0571 e. The van der Waals surface area contributed by atoms with Crippen LogP contribution in [0, 0.1) is 58.2 Å². The number of fused-ring (bicyclic) bond motifs is 5. The van der Waals surface area contributed by atoms with E-state index in [4.69, 9.17) is 0 Å². The largest absolute Gasteiger partial charge is 0.393 e. The van der Waals surface area contributed by atoms with E-state index in [1.807, 2.05) is 0 Å². The van der Waals surface area contributed by atoms with Crippen molar-refractivity contribution >= 4 is 0 Å². The molecule has 2 N–H and O–H groups in total. The fraction of sp³-hybridized carbons (Fsp3) is 1.00. The minimum Gasteiger partial charge on any atom is -0.393 e. The van der Waals surface area contributed by atoms with E-state index in [0.717, 1.165) is 42.9 Å². The Hall–Kier alpha value is -0.0800. The highest BCUT2D eigenvalue weighted by Gasteiger charge is 2.60. The number of hydrogen-bond acceptors (Lipinski definition) is 2. The van der Waals surface area contributed by atoms with Gasteiger partial charge in [0, 0.05) is 0 Å². The SMILES string of the molecule is CC(C)[C@@H](C)C[C@H](O)[C@@H](C)[C@H]1CC[C@H]2[C@@H]3CC[C@H]4C[C@H](O)CC[C@]4(C)[C@H]3CC[C@]12C. The molecule has 0 heterocycles. The van der Waals surface area contributed by atoms with Gasteiger partial charge in [-0.3, -0.25) is 0 Å². The molecule has 0 amide bonds. The highest BCUT2D eigenvalue weighted by Crippen LogP contribution is 2.68. The van der Waals surface area contributed by atoms with Gasteiger partial charge in [0.25, 0.3) is 0 Å². The summed E-state index contributed by atoms with van der Waals surface area (Å²) in [7, 11) is 0. The second-order valence-corrected chi connectivity index (χ2v) is 13.2. The molecule has 0 aliphatic heterocycles. The summed E-state index contributed by atoms with van der Waals surface area (Å²) in [6.45, 7) is 14.5. The van der Waals surface area contributed by atoms with Crippen molar-refractivity contribution < 1.29 is 10.2 Å². The van der Waals surface area contributed by atoms with Crippen LogP contribution in [-0.2, 0) is 0 Å². The molecule has 4 fully saturated rings. The maximum atomic E-state index is 11.1. The van der Waals surface area contributed by atoms with Crippen molar-refractivity contribution in [2.45, 2.75) is 118 Å². The third-order valence-electron chi connectivity index (χ3n) is 11.7. The third-order valence-corrected chi connectivity index (χ3v) is 11.7. The lowest BCUT2D eigenvalue weighted by molar-refractivity contribution is -0.132. The first kappa shape index (κ1) is 23.1. The molecule has 0 spiro atoms. The molecule has 4 aliphatic rings. The van der Waals surface area contributed by atoms with Crippen LogP contribution >= 0.6 is 0 Å². The standard InChI is InChI=1S/C28H50O2/c1-17(2)18(3)15-26(30)19(4)23-9-10-24-22-8-7-20-16-21(29)11-13-27(20,5)25(22)12-14-28(23,24)6/h17-26,29-30H,7-16H2,1-6H3/t18-,19-,20-,21+,22-,23+,24-,25-,26-,27-,28+/m0/s1. The van der Waals surface area contributed by atoms with Crippen molar-refractivity contribution in [1.82, 2.24) is 0 Å². The predicted molar refractivity (Wildman–Crippen MR) is 125 cm³/mol. The second-order valence-electron chi connectivity index (χ2n) is 13.2. The molecule has 4 aliphatic carbocycles. The summed E-state index contributed by atoms with van der Waals surface area (Å²) < 4.78 is 0. The molecule has 30 heavy (non-hydrogen) atoms. The first-order valence-corrected chi connectivity index (χ1v) is 13.4. The molecule has 0 radical (unpaired) electrons. The molecule has 11 atom stereocenters. The van der Waals surface area contributed by atoms with Gasteiger partial charge in [-0.15, -0.1) is 0 Å². The molecule has 4 rings (SSSR count). The molecule has 0 unspecified atom stereocenters. The Labute approximate surface area is 186 Å². The van der Waals surface area contributed by atoms with E-state index in [1.54, 1.807) is 0 Å². The van der Waals surface area contributed by atoms with E-state index in [0.29, 0.717) is 34.5 Å². The average molecular weight is 419 g/mol. The van der Waals surface area contributed by atoms with Gasteiger partial charge in [-0.05, 0) is 122 Å². The van der Waals surface area contributed by atoms with Crippen LogP contribution in [0.5, 0.6) is 0 Å². The molecule has 174 valence electrons. The van der Waals surface area contributed by atoms with Crippen LogP contribution in [0.25, 0.3) is 0 Å². The minimum atomic E-state index is -0.145. The zero-order valence-electron chi connectivity index (χ0n) is 20.7. The molecule has 0 saturated heterocycles. The van der Waals surface area contributed by atoms with Crippen molar-refractivity contribution in [3.05, 3.63) is 0 Å². The van der Waals surface area contributed by atoms with Gasteiger partial charge in [-0.1, -0.05) is 41.5 Å². The Morgan fingerprint density at radius 1 is 0.833 bits per heavy atom. The van der Waals surface area contributed by atoms with E-state index in [9.17, 15) is 10.2 Å². The molecule has 0 bridgehead atoms. The van der Waals surface area contributed by atoms with Crippen molar-refractivity contribution in [1.29, 1.82) is 0 Å². The van der Waals surface area contributed by atoms with Gasteiger partial charge >= 0.3 is 0 Å². The monoisotopic (exact) mass is 418 g/mol. The average Bonchev–Trinajstić information content (AvgIpc) is 3.04. The Balaban J connectivity index is 1.49. The first-order chi connectivity index (χ1) is 14.1. The van der Waals surface area contributed by atoms with Crippen molar-refractivity contribution in [3.63, 3.8) is 0 Å². The first-order valence-electron chi connectivity index (χ1n) is 13.4. The topological polar surface area (TPSA) is 40.5 Å². The van der Waals surface area contributed by atoms with Crippen LogP contribution in [0.2, 0.25) is 0 Å². The van der Waals surface area contributed by atoms with Crippen LogP contribution in [0.15, 0.2) is 0 Å². The summed E-state index contributed by atoms with van der Waals surface area (Å²) in [5.41, 5.74) is 0.902. The Morgan fingerprint density at radius 3 is 2.20 bits per heavy atom. The molecule has 0 aromatic rings. The maximum absolute atomic E-state index is 11.1. The van der Waals surface area contributed by atoms with E-state index >= 15 is 0 Å².